The van der Waals surface area contributed by atoms with Gasteiger partial charge in [0.1, 0.15) is 0 Å². The summed E-state index contributed by atoms with van der Waals surface area (Å²) < 4.78 is 10.5. The molecule has 0 atom stereocenters. The lowest BCUT2D eigenvalue weighted by atomic mass is 10.2. The summed E-state index contributed by atoms with van der Waals surface area (Å²) in [5.74, 6) is 0.443. The largest absolute Gasteiger partial charge is 0.481 e. The van der Waals surface area contributed by atoms with Gasteiger partial charge in [-0.3, -0.25) is 4.79 Å². The van der Waals surface area contributed by atoms with Gasteiger partial charge in [-0.2, -0.15) is 0 Å². The zero-order valence-electron chi connectivity index (χ0n) is 11.8. The first kappa shape index (κ1) is 15.0. The average Bonchev–Trinajstić information content (AvgIpc) is 2.92. The Balaban J connectivity index is 1.86. The van der Waals surface area contributed by atoms with Crippen molar-refractivity contribution in [3.05, 3.63) is 23.8 Å². The fourth-order valence-electron chi connectivity index (χ4n) is 1.97. The first-order chi connectivity index (χ1) is 10.1. The van der Waals surface area contributed by atoms with Crippen LogP contribution in [0, 0.1) is 0 Å². The number of rotatable bonds is 6. The van der Waals surface area contributed by atoms with Gasteiger partial charge in [-0.1, -0.05) is 6.07 Å². The smallest absolute Gasteiger partial charge is 0.317 e. The molecule has 7 heteroatoms. The van der Waals surface area contributed by atoms with Crippen LogP contribution in [0.2, 0.25) is 0 Å². The van der Waals surface area contributed by atoms with Gasteiger partial charge < -0.3 is 24.8 Å². The SMILES string of the molecule is CCN(CCC(=O)O)C(=O)NCc1ccc2c(c1)OCO2. The van der Waals surface area contributed by atoms with Crippen molar-refractivity contribution in [2.75, 3.05) is 19.9 Å². The summed E-state index contributed by atoms with van der Waals surface area (Å²) in [7, 11) is 0. The maximum Gasteiger partial charge on any atom is 0.317 e. The van der Waals surface area contributed by atoms with Crippen molar-refractivity contribution in [1.29, 1.82) is 0 Å². The van der Waals surface area contributed by atoms with Crippen LogP contribution >= 0.6 is 0 Å². The first-order valence-corrected chi connectivity index (χ1v) is 6.73. The van der Waals surface area contributed by atoms with E-state index in [0.717, 1.165) is 5.56 Å². The predicted molar refractivity (Wildman–Crippen MR) is 74.3 cm³/mol. The molecule has 1 aliphatic rings. The van der Waals surface area contributed by atoms with E-state index in [1.165, 1.54) is 4.90 Å². The molecule has 1 aliphatic heterocycles. The van der Waals surface area contributed by atoms with E-state index < -0.39 is 5.97 Å². The van der Waals surface area contributed by atoms with Crippen LogP contribution < -0.4 is 14.8 Å². The number of carboxylic acids is 1. The summed E-state index contributed by atoms with van der Waals surface area (Å²) >= 11 is 0. The van der Waals surface area contributed by atoms with Gasteiger partial charge in [0.05, 0.1) is 6.42 Å². The third-order valence-electron chi connectivity index (χ3n) is 3.15. The fraction of sp³-hybridized carbons (Fsp3) is 0.429. The molecule has 0 spiro atoms. The Labute approximate surface area is 122 Å². The molecule has 0 aromatic heterocycles. The van der Waals surface area contributed by atoms with Gasteiger partial charge in [-0.25, -0.2) is 4.79 Å². The number of fused-ring (bicyclic) bond motifs is 1. The molecule has 0 bridgehead atoms. The standard InChI is InChI=1S/C14H18N2O5/c1-2-16(6-5-13(17)18)14(19)15-8-10-3-4-11-12(7-10)21-9-20-11/h3-4,7H,2,5-6,8-9H2,1H3,(H,15,19)(H,17,18). The monoisotopic (exact) mass is 294 g/mol. The van der Waals surface area contributed by atoms with Crippen LogP contribution in [-0.4, -0.2) is 41.9 Å². The van der Waals surface area contributed by atoms with Crippen LogP contribution in [0.5, 0.6) is 11.5 Å². The molecule has 0 radical (unpaired) electrons. The summed E-state index contributed by atoms with van der Waals surface area (Å²) in [5.41, 5.74) is 0.891. The molecule has 0 fully saturated rings. The van der Waals surface area contributed by atoms with E-state index in [1.807, 2.05) is 19.1 Å². The lowest BCUT2D eigenvalue weighted by molar-refractivity contribution is -0.137. The third-order valence-corrected chi connectivity index (χ3v) is 3.15. The molecule has 2 rings (SSSR count). The van der Waals surface area contributed by atoms with Gasteiger partial charge in [0.2, 0.25) is 6.79 Å². The van der Waals surface area contributed by atoms with Gasteiger partial charge in [-0.05, 0) is 24.6 Å². The molecule has 2 N–H and O–H groups in total. The van der Waals surface area contributed by atoms with E-state index in [0.29, 0.717) is 24.6 Å². The number of nitrogens with zero attached hydrogens (tertiary/aromatic N) is 1. The normalized spacial score (nSPS) is 12.0. The summed E-state index contributed by atoms with van der Waals surface area (Å²) in [4.78, 5) is 24.0. The molecular weight excluding hydrogens is 276 g/mol. The van der Waals surface area contributed by atoms with Crippen LogP contribution in [0.25, 0.3) is 0 Å². The Bertz CT molecular complexity index is 532. The number of hydrogen-bond donors (Lipinski definition) is 2. The van der Waals surface area contributed by atoms with Crippen LogP contribution in [-0.2, 0) is 11.3 Å². The zero-order chi connectivity index (χ0) is 15.2. The summed E-state index contributed by atoms with van der Waals surface area (Å²) in [5, 5.41) is 11.4. The van der Waals surface area contributed by atoms with E-state index in [4.69, 9.17) is 14.6 Å². The minimum Gasteiger partial charge on any atom is -0.481 e. The van der Waals surface area contributed by atoms with Crippen molar-refractivity contribution >= 4 is 12.0 Å². The van der Waals surface area contributed by atoms with Crippen LogP contribution in [0.4, 0.5) is 4.79 Å². The molecule has 7 nitrogen and oxygen atoms in total. The first-order valence-electron chi connectivity index (χ1n) is 6.73. The number of benzene rings is 1. The van der Waals surface area contributed by atoms with Crippen LogP contribution in [0.1, 0.15) is 18.9 Å². The van der Waals surface area contributed by atoms with Gasteiger partial charge in [-0.15, -0.1) is 0 Å². The third kappa shape index (κ3) is 4.01. The minimum absolute atomic E-state index is 0.0642. The van der Waals surface area contributed by atoms with Crippen molar-refractivity contribution in [2.24, 2.45) is 0 Å². The Kier molecular flexibility index (Phi) is 4.86. The second-order valence-electron chi connectivity index (χ2n) is 4.57. The lowest BCUT2D eigenvalue weighted by Gasteiger charge is -2.20. The van der Waals surface area contributed by atoms with Crippen molar-refractivity contribution in [2.45, 2.75) is 19.9 Å². The molecule has 1 heterocycles. The highest BCUT2D eigenvalue weighted by Gasteiger charge is 2.15. The lowest BCUT2D eigenvalue weighted by Crippen LogP contribution is -2.40. The number of ether oxygens (including phenoxy) is 2. The number of amides is 2. The van der Waals surface area contributed by atoms with Crippen LogP contribution in [0.3, 0.4) is 0 Å². The topological polar surface area (TPSA) is 88.1 Å². The van der Waals surface area contributed by atoms with E-state index in [1.54, 1.807) is 6.07 Å². The highest BCUT2D eigenvalue weighted by molar-refractivity contribution is 5.75. The van der Waals surface area contributed by atoms with Crippen molar-refractivity contribution in [3.63, 3.8) is 0 Å². The second-order valence-corrected chi connectivity index (χ2v) is 4.57. The molecule has 114 valence electrons. The quantitative estimate of drug-likeness (QED) is 0.828. The summed E-state index contributed by atoms with van der Waals surface area (Å²) in [6, 6.07) is 5.18. The van der Waals surface area contributed by atoms with Crippen molar-refractivity contribution in [1.82, 2.24) is 10.2 Å². The predicted octanol–water partition coefficient (Wildman–Crippen LogP) is 1.42. The van der Waals surface area contributed by atoms with Gasteiger partial charge >= 0.3 is 12.0 Å². The van der Waals surface area contributed by atoms with E-state index >= 15 is 0 Å². The molecule has 2 amide bonds. The Hall–Kier alpha value is -2.44. The average molecular weight is 294 g/mol. The number of aliphatic carboxylic acids is 1. The Morgan fingerprint density at radius 1 is 1.33 bits per heavy atom. The zero-order valence-corrected chi connectivity index (χ0v) is 11.8. The van der Waals surface area contributed by atoms with Gasteiger partial charge in [0.15, 0.2) is 11.5 Å². The Morgan fingerprint density at radius 2 is 2.10 bits per heavy atom. The van der Waals surface area contributed by atoms with Crippen molar-refractivity contribution in [3.8, 4) is 11.5 Å². The maximum absolute atomic E-state index is 12.0. The van der Waals surface area contributed by atoms with E-state index in [-0.39, 0.29) is 25.8 Å². The summed E-state index contributed by atoms with van der Waals surface area (Å²) in [6.45, 7) is 3.02. The number of nitrogens with one attached hydrogen (secondary N) is 1. The van der Waals surface area contributed by atoms with E-state index in [2.05, 4.69) is 5.32 Å². The fourth-order valence-corrected chi connectivity index (χ4v) is 1.97. The molecule has 1 aromatic rings. The maximum atomic E-state index is 12.0. The number of carbonyl (C=O) groups excluding carboxylic acids is 1. The molecule has 0 unspecified atom stereocenters. The molecule has 1 aromatic carbocycles. The minimum atomic E-state index is -0.919. The Morgan fingerprint density at radius 3 is 2.81 bits per heavy atom. The molecule has 0 saturated carbocycles. The second kappa shape index (κ2) is 6.83. The molecule has 0 saturated heterocycles. The number of hydrogen-bond acceptors (Lipinski definition) is 4. The highest BCUT2D eigenvalue weighted by atomic mass is 16.7. The molecule has 21 heavy (non-hydrogen) atoms. The van der Waals surface area contributed by atoms with Gasteiger partial charge in [0.25, 0.3) is 0 Å². The number of urea groups is 1. The highest BCUT2D eigenvalue weighted by Crippen LogP contribution is 2.32. The van der Waals surface area contributed by atoms with E-state index in [9.17, 15) is 9.59 Å². The molecule has 0 aliphatic carbocycles. The van der Waals surface area contributed by atoms with Gasteiger partial charge in [0, 0.05) is 19.6 Å². The van der Waals surface area contributed by atoms with Crippen molar-refractivity contribution < 1.29 is 24.2 Å². The summed E-state index contributed by atoms with van der Waals surface area (Å²) in [6.07, 6.45) is -0.0642. The van der Waals surface area contributed by atoms with Crippen LogP contribution in [0.15, 0.2) is 18.2 Å². The number of carbonyl (C=O) groups is 2. The molecular formula is C14H18N2O5. The number of carboxylic acid groups (broad SMARTS) is 1.